The van der Waals surface area contributed by atoms with E-state index < -0.39 is 5.97 Å². The normalized spacial score (nSPS) is 10.7. The summed E-state index contributed by atoms with van der Waals surface area (Å²) in [5.74, 6) is -1.17. The van der Waals surface area contributed by atoms with Gasteiger partial charge in [0.1, 0.15) is 0 Å². The molecule has 0 aliphatic heterocycles. The van der Waals surface area contributed by atoms with E-state index in [4.69, 9.17) is 5.11 Å². The van der Waals surface area contributed by atoms with Gasteiger partial charge in [-0.1, -0.05) is 17.7 Å². The quantitative estimate of drug-likeness (QED) is 0.748. The second-order valence-electron chi connectivity index (χ2n) is 6.07. The van der Waals surface area contributed by atoms with Gasteiger partial charge in [0, 0.05) is 31.0 Å². The van der Waals surface area contributed by atoms with Gasteiger partial charge in [0.2, 0.25) is 5.91 Å². The largest absolute Gasteiger partial charge is 0.481 e. The molecule has 1 aromatic carbocycles. The number of carbonyl (C=O) groups excluding carboxylic acids is 2. The molecule has 0 heterocycles. The highest BCUT2D eigenvalue weighted by Crippen LogP contribution is 2.15. The minimum Gasteiger partial charge on any atom is -0.481 e. The van der Waals surface area contributed by atoms with Gasteiger partial charge in [-0.05, 0) is 39.3 Å². The number of ketones is 1. The van der Waals surface area contributed by atoms with Gasteiger partial charge >= 0.3 is 5.97 Å². The van der Waals surface area contributed by atoms with E-state index >= 15 is 0 Å². The SMILES string of the molecule is Cc1ccc(C)c(C(=O)CCC(=O)N(CCC(=O)O)C(C)C)c1. The van der Waals surface area contributed by atoms with Crippen LogP contribution in [0.15, 0.2) is 18.2 Å². The smallest absolute Gasteiger partial charge is 0.305 e. The summed E-state index contributed by atoms with van der Waals surface area (Å²) in [5, 5.41) is 8.76. The first-order valence-corrected chi connectivity index (χ1v) is 7.84. The van der Waals surface area contributed by atoms with Crippen molar-refractivity contribution >= 4 is 17.7 Å². The molecule has 0 saturated heterocycles. The summed E-state index contributed by atoms with van der Waals surface area (Å²) in [6.07, 6.45) is 0.151. The minimum absolute atomic E-state index is 0.0542. The molecule has 0 aromatic heterocycles. The molecule has 1 amide bonds. The number of nitrogens with zero attached hydrogens (tertiary/aromatic N) is 1. The Balaban J connectivity index is 2.67. The molecule has 5 nitrogen and oxygen atoms in total. The van der Waals surface area contributed by atoms with E-state index in [2.05, 4.69) is 0 Å². The predicted octanol–water partition coefficient (Wildman–Crippen LogP) is 2.98. The molecular weight excluding hydrogens is 294 g/mol. The summed E-state index contributed by atoms with van der Waals surface area (Å²) in [4.78, 5) is 36.8. The van der Waals surface area contributed by atoms with Crippen LogP contribution in [0.5, 0.6) is 0 Å². The van der Waals surface area contributed by atoms with Crippen LogP contribution in [0.3, 0.4) is 0 Å². The maximum atomic E-state index is 12.3. The number of carbonyl (C=O) groups is 3. The van der Waals surface area contributed by atoms with Crippen molar-refractivity contribution in [2.45, 2.75) is 53.0 Å². The van der Waals surface area contributed by atoms with E-state index in [-0.39, 0.29) is 43.5 Å². The Labute approximate surface area is 137 Å². The average Bonchev–Trinajstić information content (AvgIpc) is 2.46. The molecule has 5 heteroatoms. The number of aryl methyl sites for hydroxylation is 2. The molecule has 0 spiro atoms. The van der Waals surface area contributed by atoms with Crippen LogP contribution in [0.1, 0.15) is 54.6 Å². The number of amides is 1. The number of hydrogen-bond donors (Lipinski definition) is 1. The van der Waals surface area contributed by atoms with E-state index in [1.807, 2.05) is 45.9 Å². The van der Waals surface area contributed by atoms with Crippen molar-refractivity contribution in [3.05, 3.63) is 34.9 Å². The zero-order valence-corrected chi connectivity index (χ0v) is 14.3. The number of rotatable bonds is 8. The Bertz CT molecular complexity index is 593. The van der Waals surface area contributed by atoms with Gasteiger partial charge in [-0.15, -0.1) is 0 Å². The molecule has 1 aromatic rings. The van der Waals surface area contributed by atoms with Crippen molar-refractivity contribution in [2.24, 2.45) is 0 Å². The molecule has 1 rings (SSSR count). The molecular formula is C18H25NO4. The number of carboxylic acids is 1. The summed E-state index contributed by atoms with van der Waals surface area (Å²) in [7, 11) is 0. The van der Waals surface area contributed by atoms with Crippen LogP contribution < -0.4 is 0 Å². The number of Topliss-reactive ketones (excluding diaryl/α,β-unsaturated/α-hetero) is 1. The lowest BCUT2D eigenvalue weighted by atomic mass is 9.99. The molecule has 1 N–H and O–H groups in total. The van der Waals surface area contributed by atoms with Crippen LogP contribution >= 0.6 is 0 Å². The summed E-state index contributed by atoms with van der Waals surface area (Å²) in [6, 6.07) is 5.60. The maximum absolute atomic E-state index is 12.3. The first-order valence-electron chi connectivity index (χ1n) is 7.84. The third kappa shape index (κ3) is 5.85. The van der Waals surface area contributed by atoms with E-state index in [1.54, 1.807) is 0 Å². The van der Waals surface area contributed by atoms with E-state index in [0.717, 1.165) is 11.1 Å². The summed E-state index contributed by atoms with van der Waals surface area (Å²) in [6.45, 7) is 7.65. The summed E-state index contributed by atoms with van der Waals surface area (Å²) in [5.41, 5.74) is 2.56. The van der Waals surface area contributed by atoms with Gasteiger partial charge in [0.15, 0.2) is 5.78 Å². The van der Waals surface area contributed by atoms with Gasteiger partial charge in [0.25, 0.3) is 0 Å². The number of benzene rings is 1. The molecule has 0 aliphatic carbocycles. The van der Waals surface area contributed by atoms with Gasteiger partial charge in [-0.2, -0.15) is 0 Å². The van der Waals surface area contributed by atoms with Crippen molar-refractivity contribution in [1.29, 1.82) is 0 Å². The summed E-state index contributed by atoms with van der Waals surface area (Å²) >= 11 is 0. The fraction of sp³-hybridized carbons (Fsp3) is 0.500. The van der Waals surface area contributed by atoms with Crippen molar-refractivity contribution in [3.63, 3.8) is 0 Å². The molecule has 0 unspecified atom stereocenters. The van der Waals surface area contributed by atoms with Crippen molar-refractivity contribution in [3.8, 4) is 0 Å². The Morgan fingerprint density at radius 2 is 1.74 bits per heavy atom. The average molecular weight is 319 g/mol. The van der Waals surface area contributed by atoms with Crippen LogP contribution in [0.2, 0.25) is 0 Å². The third-order valence-corrected chi connectivity index (χ3v) is 3.77. The fourth-order valence-electron chi connectivity index (χ4n) is 2.42. The first-order chi connectivity index (χ1) is 10.7. The second kappa shape index (κ2) is 8.46. The number of aliphatic carboxylic acids is 1. The molecule has 0 radical (unpaired) electrons. The van der Waals surface area contributed by atoms with Crippen LogP contribution in [0.4, 0.5) is 0 Å². The van der Waals surface area contributed by atoms with Crippen LogP contribution in [0.25, 0.3) is 0 Å². The van der Waals surface area contributed by atoms with E-state index in [0.29, 0.717) is 5.56 Å². The summed E-state index contributed by atoms with van der Waals surface area (Å²) < 4.78 is 0. The number of carboxylic acid groups (broad SMARTS) is 1. The van der Waals surface area contributed by atoms with Crippen LogP contribution in [-0.4, -0.2) is 40.3 Å². The highest BCUT2D eigenvalue weighted by Gasteiger charge is 2.19. The monoisotopic (exact) mass is 319 g/mol. The van der Waals surface area contributed by atoms with Gasteiger partial charge < -0.3 is 10.0 Å². The van der Waals surface area contributed by atoms with E-state index in [9.17, 15) is 14.4 Å². The topological polar surface area (TPSA) is 74.7 Å². The van der Waals surface area contributed by atoms with Crippen LogP contribution in [-0.2, 0) is 9.59 Å². The zero-order valence-electron chi connectivity index (χ0n) is 14.3. The predicted molar refractivity (Wildman–Crippen MR) is 88.6 cm³/mol. The lowest BCUT2D eigenvalue weighted by molar-refractivity contribution is -0.139. The molecule has 23 heavy (non-hydrogen) atoms. The highest BCUT2D eigenvalue weighted by atomic mass is 16.4. The van der Waals surface area contributed by atoms with Gasteiger partial charge in [-0.3, -0.25) is 14.4 Å². The molecule has 0 aliphatic rings. The van der Waals surface area contributed by atoms with Crippen molar-refractivity contribution < 1.29 is 19.5 Å². The molecule has 0 saturated carbocycles. The lowest BCUT2D eigenvalue weighted by Crippen LogP contribution is -2.38. The van der Waals surface area contributed by atoms with Crippen molar-refractivity contribution in [1.82, 2.24) is 4.90 Å². The van der Waals surface area contributed by atoms with E-state index in [1.165, 1.54) is 4.90 Å². The van der Waals surface area contributed by atoms with Gasteiger partial charge in [0.05, 0.1) is 6.42 Å². The fourth-order valence-corrected chi connectivity index (χ4v) is 2.42. The Morgan fingerprint density at radius 3 is 2.30 bits per heavy atom. The van der Waals surface area contributed by atoms with Crippen molar-refractivity contribution in [2.75, 3.05) is 6.54 Å². The first kappa shape index (κ1) is 18.9. The lowest BCUT2D eigenvalue weighted by Gasteiger charge is -2.26. The highest BCUT2D eigenvalue weighted by molar-refractivity contribution is 5.99. The van der Waals surface area contributed by atoms with Crippen LogP contribution in [0, 0.1) is 13.8 Å². The number of hydrogen-bond acceptors (Lipinski definition) is 3. The third-order valence-electron chi connectivity index (χ3n) is 3.77. The Hall–Kier alpha value is -2.17. The minimum atomic E-state index is -0.935. The zero-order chi connectivity index (χ0) is 17.6. The molecule has 0 fully saturated rings. The second-order valence-corrected chi connectivity index (χ2v) is 6.07. The maximum Gasteiger partial charge on any atom is 0.305 e. The molecule has 0 atom stereocenters. The standard InChI is InChI=1S/C18H25NO4/c1-12(2)19(10-9-18(22)23)17(21)8-7-16(20)15-11-13(3)5-6-14(15)4/h5-6,11-12H,7-10H2,1-4H3,(H,22,23). The Kier molecular flexibility index (Phi) is 6.94. The molecule has 0 bridgehead atoms. The van der Waals surface area contributed by atoms with Gasteiger partial charge in [-0.25, -0.2) is 0 Å². The molecule has 126 valence electrons. The Morgan fingerprint density at radius 1 is 1.09 bits per heavy atom.